The van der Waals surface area contributed by atoms with Gasteiger partial charge < -0.3 is 20.1 Å². The standard InChI is InChI=1S/C26H21F5N6O2S/c27-24(28)38-22-4-2-1-3-21(22)37-13-14-40-25(37)36-35-15-17-5-7-18(8-6-17)23(32)34-16-33-19-9-11-20(12-10-19)39-26(29,30)31/h1-12,15-16,24H,13-14H2,(H2,32,33,34)/b35-15-,36-25+. The molecule has 3 aromatic carbocycles. The molecule has 8 nitrogen and oxygen atoms in total. The molecule has 0 spiro atoms. The predicted molar refractivity (Wildman–Crippen MR) is 146 cm³/mol. The van der Waals surface area contributed by atoms with Crippen molar-refractivity contribution in [2.45, 2.75) is 13.0 Å². The number of nitrogens with zero attached hydrogens (tertiary/aromatic N) is 5. The molecule has 0 aromatic heterocycles. The zero-order valence-electron chi connectivity index (χ0n) is 20.5. The van der Waals surface area contributed by atoms with Crippen LogP contribution in [-0.4, -0.2) is 48.8 Å². The lowest BCUT2D eigenvalue weighted by atomic mass is 10.1. The number of hydrogen-bond acceptors (Lipinski definition) is 6. The highest BCUT2D eigenvalue weighted by Gasteiger charge is 2.31. The Balaban J connectivity index is 1.37. The number of hydrogen-bond donors (Lipinski definition) is 1. The van der Waals surface area contributed by atoms with Crippen molar-refractivity contribution in [1.82, 2.24) is 0 Å². The normalized spacial score (nSPS) is 15.6. The van der Waals surface area contributed by atoms with Crippen molar-refractivity contribution >= 4 is 46.7 Å². The minimum Gasteiger partial charge on any atom is -0.433 e. The number of benzene rings is 3. The molecule has 14 heteroatoms. The third-order valence-electron chi connectivity index (χ3n) is 5.18. The molecule has 1 aliphatic rings. The summed E-state index contributed by atoms with van der Waals surface area (Å²) < 4.78 is 70.7. The number of anilines is 1. The molecule has 4 rings (SSSR count). The van der Waals surface area contributed by atoms with Crippen molar-refractivity contribution in [2.24, 2.45) is 25.9 Å². The second-order valence-electron chi connectivity index (χ2n) is 7.90. The molecule has 0 saturated carbocycles. The van der Waals surface area contributed by atoms with E-state index in [-0.39, 0.29) is 17.3 Å². The fourth-order valence-electron chi connectivity index (χ4n) is 3.43. The van der Waals surface area contributed by atoms with Crippen molar-refractivity contribution in [3.8, 4) is 11.5 Å². The Hall–Kier alpha value is -4.46. The van der Waals surface area contributed by atoms with Crippen LogP contribution in [0.25, 0.3) is 0 Å². The average Bonchev–Trinajstić information content (AvgIpc) is 3.37. The Kier molecular flexibility index (Phi) is 9.32. The molecule has 1 aliphatic heterocycles. The van der Waals surface area contributed by atoms with Gasteiger partial charge in [0.1, 0.15) is 23.7 Å². The molecule has 2 N–H and O–H groups in total. The lowest BCUT2D eigenvalue weighted by molar-refractivity contribution is -0.274. The summed E-state index contributed by atoms with van der Waals surface area (Å²) in [7, 11) is 0. The summed E-state index contributed by atoms with van der Waals surface area (Å²) in [4.78, 5) is 9.85. The summed E-state index contributed by atoms with van der Waals surface area (Å²) in [5.41, 5.74) is 8.18. The number of alkyl halides is 5. The minimum atomic E-state index is -4.77. The van der Waals surface area contributed by atoms with Crippen molar-refractivity contribution in [3.63, 3.8) is 0 Å². The molecule has 0 unspecified atom stereocenters. The molecule has 0 amide bonds. The monoisotopic (exact) mass is 576 g/mol. The number of nitrogens with two attached hydrogens (primary N) is 1. The maximum absolute atomic E-state index is 12.8. The molecule has 3 aromatic rings. The molecule has 208 valence electrons. The van der Waals surface area contributed by atoms with Crippen LogP contribution in [0.5, 0.6) is 11.5 Å². The van der Waals surface area contributed by atoms with E-state index in [0.717, 1.165) is 17.7 Å². The summed E-state index contributed by atoms with van der Waals surface area (Å²) in [5, 5.41) is 8.93. The third-order valence-corrected chi connectivity index (χ3v) is 6.13. The number of thioether (sulfide) groups is 1. The van der Waals surface area contributed by atoms with Gasteiger partial charge in [-0.2, -0.15) is 13.9 Å². The zero-order chi connectivity index (χ0) is 28.5. The first kappa shape index (κ1) is 28.5. The summed E-state index contributed by atoms with van der Waals surface area (Å²) in [6, 6.07) is 18.4. The molecule has 40 heavy (non-hydrogen) atoms. The molecule has 0 aliphatic carbocycles. The van der Waals surface area contributed by atoms with Gasteiger partial charge in [0.2, 0.25) is 0 Å². The van der Waals surface area contributed by atoms with Gasteiger partial charge in [0.15, 0.2) is 5.17 Å². The topological polar surface area (TPSA) is 97.2 Å². The first-order valence-electron chi connectivity index (χ1n) is 11.6. The van der Waals surface area contributed by atoms with Crippen LogP contribution in [0.4, 0.5) is 33.3 Å². The van der Waals surface area contributed by atoms with Crippen LogP contribution in [0, 0.1) is 0 Å². The van der Waals surface area contributed by atoms with E-state index in [9.17, 15) is 22.0 Å². The Morgan fingerprint density at radius 3 is 2.42 bits per heavy atom. The van der Waals surface area contributed by atoms with Crippen molar-refractivity contribution in [1.29, 1.82) is 0 Å². The van der Waals surface area contributed by atoms with Gasteiger partial charge in [0, 0.05) is 17.9 Å². The van der Waals surface area contributed by atoms with Crippen LogP contribution in [0.1, 0.15) is 11.1 Å². The van der Waals surface area contributed by atoms with Crippen LogP contribution in [0.3, 0.4) is 0 Å². The third kappa shape index (κ3) is 8.27. The van der Waals surface area contributed by atoms with Crippen molar-refractivity contribution in [3.05, 3.63) is 83.9 Å². The van der Waals surface area contributed by atoms with Gasteiger partial charge in [-0.05, 0) is 42.0 Å². The average molecular weight is 577 g/mol. The van der Waals surface area contributed by atoms with Crippen LogP contribution in [-0.2, 0) is 0 Å². The second-order valence-corrected chi connectivity index (χ2v) is 8.96. The number of halogens is 5. The summed E-state index contributed by atoms with van der Waals surface area (Å²) in [5.74, 6) is 0.594. The van der Waals surface area contributed by atoms with Crippen LogP contribution in [0.2, 0.25) is 0 Å². The largest absolute Gasteiger partial charge is 0.573 e. The second kappa shape index (κ2) is 13.1. The Bertz CT molecular complexity index is 1410. The molecule has 1 fully saturated rings. The number of rotatable bonds is 9. The zero-order valence-corrected chi connectivity index (χ0v) is 21.3. The van der Waals surface area contributed by atoms with Crippen molar-refractivity contribution in [2.75, 3.05) is 17.2 Å². The highest BCUT2D eigenvalue weighted by Crippen LogP contribution is 2.34. The fourth-order valence-corrected chi connectivity index (χ4v) is 4.34. The fraction of sp³-hybridized carbons (Fsp3) is 0.154. The van der Waals surface area contributed by atoms with Crippen molar-refractivity contribution < 1.29 is 31.4 Å². The molecule has 0 bridgehead atoms. The van der Waals surface area contributed by atoms with E-state index < -0.39 is 13.0 Å². The Morgan fingerprint density at radius 2 is 1.73 bits per heavy atom. The van der Waals surface area contributed by atoms with E-state index in [1.165, 1.54) is 42.5 Å². The number of amidine groups is 2. The summed E-state index contributed by atoms with van der Waals surface area (Å²) >= 11 is 1.45. The molecular weight excluding hydrogens is 555 g/mol. The summed E-state index contributed by atoms with van der Waals surface area (Å²) in [6.45, 7) is -2.37. The number of aliphatic imine (C=N–C) groups is 2. The maximum Gasteiger partial charge on any atom is 0.573 e. The number of ether oxygens (including phenoxy) is 2. The molecule has 0 radical (unpaired) electrons. The lowest BCUT2D eigenvalue weighted by Crippen LogP contribution is -2.24. The smallest absolute Gasteiger partial charge is 0.433 e. The minimum absolute atomic E-state index is 0.0602. The van der Waals surface area contributed by atoms with E-state index in [1.807, 2.05) is 0 Å². The van der Waals surface area contributed by atoms with Crippen LogP contribution in [0.15, 0.2) is 93.0 Å². The van der Waals surface area contributed by atoms with Crippen LogP contribution < -0.4 is 20.1 Å². The van der Waals surface area contributed by atoms with E-state index in [2.05, 4.69) is 29.7 Å². The van der Waals surface area contributed by atoms with Gasteiger partial charge in [0.25, 0.3) is 0 Å². The van der Waals surface area contributed by atoms with E-state index in [4.69, 9.17) is 5.73 Å². The quantitative estimate of drug-likeness (QED) is 0.142. The van der Waals surface area contributed by atoms with E-state index in [0.29, 0.717) is 34.4 Å². The van der Waals surface area contributed by atoms with Gasteiger partial charge in [-0.15, -0.1) is 18.3 Å². The first-order valence-corrected chi connectivity index (χ1v) is 12.5. The van der Waals surface area contributed by atoms with Gasteiger partial charge in [-0.1, -0.05) is 48.2 Å². The SMILES string of the molecule is NC(=NC=Nc1ccc(OC(F)(F)F)cc1)c1ccc(/C=N\N=C2\SCCN2c2ccccc2OC(F)F)cc1. The molecule has 1 heterocycles. The Morgan fingerprint density at radius 1 is 1.00 bits per heavy atom. The van der Waals surface area contributed by atoms with E-state index >= 15 is 0 Å². The summed E-state index contributed by atoms with van der Waals surface area (Å²) in [6.07, 6.45) is -2.04. The highest BCUT2D eigenvalue weighted by atomic mass is 32.2. The molecule has 1 saturated heterocycles. The molecule has 0 atom stereocenters. The Labute approximate surface area is 229 Å². The van der Waals surface area contributed by atoms with Gasteiger partial charge >= 0.3 is 13.0 Å². The first-order chi connectivity index (χ1) is 19.2. The van der Waals surface area contributed by atoms with Crippen LogP contribution >= 0.6 is 11.8 Å². The van der Waals surface area contributed by atoms with Gasteiger partial charge in [0.05, 0.1) is 17.6 Å². The predicted octanol–water partition coefficient (Wildman–Crippen LogP) is 6.20. The molecular formula is C26H21F5N6O2S. The number of para-hydroxylation sites is 2. The maximum atomic E-state index is 12.8. The van der Waals surface area contributed by atoms with Gasteiger partial charge in [-0.25, -0.2) is 9.98 Å². The lowest BCUT2D eigenvalue weighted by Gasteiger charge is -2.20. The van der Waals surface area contributed by atoms with Gasteiger partial charge in [-0.3, -0.25) is 0 Å². The highest BCUT2D eigenvalue weighted by molar-refractivity contribution is 8.14. The van der Waals surface area contributed by atoms with E-state index in [1.54, 1.807) is 47.4 Å².